The van der Waals surface area contributed by atoms with Gasteiger partial charge in [0.05, 0.1) is 22.5 Å². The zero-order valence-corrected chi connectivity index (χ0v) is 13.8. The Bertz CT molecular complexity index is 710. The Morgan fingerprint density at radius 2 is 1.05 bits per heavy atom. The lowest BCUT2D eigenvalue weighted by atomic mass is 10.2. The van der Waals surface area contributed by atoms with Crippen LogP contribution in [0.25, 0.3) is 0 Å². The summed E-state index contributed by atoms with van der Waals surface area (Å²) in [5.74, 6) is -0.308. The summed E-state index contributed by atoms with van der Waals surface area (Å²) in [5.41, 5.74) is 0.617. The van der Waals surface area contributed by atoms with E-state index in [1.54, 1.807) is 0 Å². The van der Waals surface area contributed by atoms with Crippen molar-refractivity contribution in [1.82, 2.24) is 0 Å². The molecular formula is C14H8Cl4N2O2. The fraction of sp³-hybridized carbons (Fsp3) is 0. The highest BCUT2D eigenvalue weighted by atomic mass is 35.5. The molecule has 114 valence electrons. The van der Waals surface area contributed by atoms with Crippen LogP contribution in [0.3, 0.4) is 0 Å². The van der Waals surface area contributed by atoms with Gasteiger partial charge in [0, 0.05) is 21.2 Å². The third-order valence-electron chi connectivity index (χ3n) is 2.58. The number of aromatic hydroxyl groups is 2. The highest BCUT2D eigenvalue weighted by Crippen LogP contribution is 2.31. The van der Waals surface area contributed by atoms with Crippen molar-refractivity contribution in [2.24, 2.45) is 10.2 Å². The highest BCUT2D eigenvalue weighted by Gasteiger charge is 2.07. The van der Waals surface area contributed by atoms with Crippen molar-refractivity contribution in [1.29, 1.82) is 0 Å². The SMILES string of the molecule is Oc1c(Cl)cc(Cl)cc1/C=N\N=C/c1cc(Cl)cc(Cl)c1O. The normalized spacial score (nSPS) is 11.6. The fourth-order valence-corrected chi connectivity index (χ4v) is 2.58. The number of hydrogen-bond donors (Lipinski definition) is 2. The molecule has 0 unspecified atom stereocenters. The summed E-state index contributed by atoms with van der Waals surface area (Å²) < 4.78 is 0. The summed E-state index contributed by atoms with van der Waals surface area (Å²) in [4.78, 5) is 0. The van der Waals surface area contributed by atoms with Gasteiger partial charge in [0.1, 0.15) is 11.5 Å². The van der Waals surface area contributed by atoms with E-state index in [2.05, 4.69) is 10.2 Å². The second-order valence-electron chi connectivity index (χ2n) is 4.14. The Labute approximate surface area is 146 Å². The van der Waals surface area contributed by atoms with Crippen LogP contribution in [0.4, 0.5) is 0 Å². The van der Waals surface area contributed by atoms with E-state index < -0.39 is 0 Å². The van der Waals surface area contributed by atoms with Crippen molar-refractivity contribution in [2.45, 2.75) is 0 Å². The van der Waals surface area contributed by atoms with Gasteiger partial charge in [-0.25, -0.2) is 0 Å². The molecule has 0 aliphatic heterocycles. The van der Waals surface area contributed by atoms with Crippen LogP contribution in [-0.2, 0) is 0 Å². The van der Waals surface area contributed by atoms with Crippen molar-refractivity contribution in [2.75, 3.05) is 0 Å². The Balaban J connectivity index is 2.23. The van der Waals surface area contributed by atoms with Gasteiger partial charge < -0.3 is 10.2 Å². The molecule has 0 aliphatic rings. The van der Waals surface area contributed by atoms with Crippen LogP contribution in [0.5, 0.6) is 11.5 Å². The largest absolute Gasteiger partial charge is 0.506 e. The van der Waals surface area contributed by atoms with E-state index in [9.17, 15) is 10.2 Å². The number of phenolic OH excluding ortho intramolecular Hbond substituents is 2. The maximum Gasteiger partial charge on any atom is 0.143 e. The molecule has 0 heterocycles. The van der Waals surface area contributed by atoms with E-state index in [0.29, 0.717) is 21.2 Å². The maximum atomic E-state index is 9.75. The molecular weight excluding hydrogens is 370 g/mol. The van der Waals surface area contributed by atoms with Gasteiger partial charge in [-0.1, -0.05) is 46.4 Å². The van der Waals surface area contributed by atoms with Crippen LogP contribution < -0.4 is 0 Å². The monoisotopic (exact) mass is 376 g/mol. The van der Waals surface area contributed by atoms with Gasteiger partial charge in [-0.2, -0.15) is 10.2 Å². The quantitative estimate of drug-likeness (QED) is 0.572. The van der Waals surface area contributed by atoms with E-state index in [-0.39, 0.29) is 21.5 Å². The van der Waals surface area contributed by atoms with Crippen molar-refractivity contribution in [3.8, 4) is 11.5 Å². The van der Waals surface area contributed by atoms with Gasteiger partial charge in [-0.15, -0.1) is 0 Å². The standard InChI is InChI=1S/C14H8Cl4N2O2/c15-9-1-7(13(21)11(17)3-9)5-19-20-6-8-2-10(16)4-12(18)14(8)22/h1-6,21-22H/b19-5-,20-6-. The van der Waals surface area contributed by atoms with E-state index in [4.69, 9.17) is 46.4 Å². The summed E-state index contributed by atoms with van der Waals surface area (Å²) in [7, 11) is 0. The molecule has 0 aliphatic carbocycles. The van der Waals surface area contributed by atoms with E-state index in [1.807, 2.05) is 0 Å². The molecule has 8 heteroatoms. The van der Waals surface area contributed by atoms with Crippen LogP contribution in [-0.4, -0.2) is 22.6 Å². The van der Waals surface area contributed by atoms with Crippen molar-refractivity contribution in [3.63, 3.8) is 0 Å². The van der Waals surface area contributed by atoms with Crippen molar-refractivity contribution >= 4 is 58.8 Å². The van der Waals surface area contributed by atoms with Crippen LogP contribution in [0.2, 0.25) is 20.1 Å². The predicted octanol–water partition coefficient (Wildman–Crippen LogP) is 5.16. The number of halogens is 4. The number of nitrogens with zero attached hydrogens (tertiary/aromatic N) is 2. The van der Waals surface area contributed by atoms with E-state index in [0.717, 1.165) is 0 Å². The molecule has 2 N–H and O–H groups in total. The molecule has 2 aromatic rings. The Kier molecular flexibility index (Phi) is 5.53. The topological polar surface area (TPSA) is 65.2 Å². The average molecular weight is 378 g/mol. The molecule has 2 aromatic carbocycles. The van der Waals surface area contributed by atoms with Crippen LogP contribution >= 0.6 is 46.4 Å². The van der Waals surface area contributed by atoms with E-state index >= 15 is 0 Å². The minimum atomic E-state index is -0.154. The molecule has 0 saturated heterocycles. The van der Waals surface area contributed by atoms with Crippen molar-refractivity contribution in [3.05, 3.63) is 55.5 Å². The summed E-state index contributed by atoms with van der Waals surface area (Å²) in [5, 5.41) is 27.9. The minimum absolute atomic E-state index is 0.109. The van der Waals surface area contributed by atoms with Crippen LogP contribution in [0.1, 0.15) is 11.1 Å². The summed E-state index contributed by atoms with van der Waals surface area (Å²) in [6.07, 6.45) is 2.54. The Morgan fingerprint density at radius 1 is 0.682 bits per heavy atom. The predicted molar refractivity (Wildman–Crippen MR) is 91.4 cm³/mol. The van der Waals surface area contributed by atoms with Gasteiger partial charge in [-0.05, 0) is 24.3 Å². The van der Waals surface area contributed by atoms with E-state index in [1.165, 1.54) is 36.7 Å². The van der Waals surface area contributed by atoms with Crippen molar-refractivity contribution < 1.29 is 10.2 Å². The molecule has 0 atom stereocenters. The smallest absolute Gasteiger partial charge is 0.143 e. The number of phenols is 2. The first-order valence-corrected chi connectivity index (χ1v) is 7.32. The third kappa shape index (κ3) is 4.05. The zero-order valence-electron chi connectivity index (χ0n) is 10.8. The Hall–Kier alpha value is -1.46. The van der Waals surface area contributed by atoms with Gasteiger partial charge in [-0.3, -0.25) is 0 Å². The van der Waals surface area contributed by atoms with Crippen LogP contribution in [0, 0.1) is 0 Å². The molecule has 4 nitrogen and oxygen atoms in total. The summed E-state index contributed by atoms with van der Waals surface area (Å²) >= 11 is 23.2. The van der Waals surface area contributed by atoms with Gasteiger partial charge in [0.2, 0.25) is 0 Å². The molecule has 0 amide bonds. The lowest BCUT2D eigenvalue weighted by Gasteiger charge is -2.02. The molecule has 0 fully saturated rings. The number of rotatable bonds is 3. The second-order valence-corrected chi connectivity index (χ2v) is 5.83. The third-order valence-corrected chi connectivity index (χ3v) is 3.59. The first-order chi connectivity index (χ1) is 10.4. The molecule has 0 saturated carbocycles. The van der Waals surface area contributed by atoms with Gasteiger partial charge in [0.15, 0.2) is 0 Å². The van der Waals surface area contributed by atoms with Gasteiger partial charge in [0.25, 0.3) is 0 Å². The average Bonchev–Trinajstić information content (AvgIpc) is 2.44. The number of benzene rings is 2. The lowest BCUT2D eigenvalue weighted by Crippen LogP contribution is -1.85. The highest BCUT2D eigenvalue weighted by molar-refractivity contribution is 6.36. The Morgan fingerprint density at radius 3 is 1.41 bits per heavy atom. The fourth-order valence-electron chi connectivity index (χ4n) is 1.56. The first kappa shape index (κ1) is 16.9. The zero-order chi connectivity index (χ0) is 16.3. The minimum Gasteiger partial charge on any atom is -0.506 e. The van der Waals surface area contributed by atoms with Crippen LogP contribution in [0.15, 0.2) is 34.5 Å². The molecule has 0 aromatic heterocycles. The lowest BCUT2D eigenvalue weighted by molar-refractivity contribution is 0.474. The molecule has 2 rings (SSSR count). The second kappa shape index (κ2) is 7.20. The first-order valence-electron chi connectivity index (χ1n) is 5.81. The molecule has 0 radical (unpaired) electrons. The number of hydrogen-bond acceptors (Lipinski definition) is 4. The molecule has 0 spiro atoms. The molecule has 0 bridgehead atoms. The summed E-state index contributed by atoms with van der Waals surface area (Å²) in [6.45, 7) is 0. The molecule has 22 heavy (non-hydrogen) atoms. The van der Waals surface area contributed by atoms with Gasteiger partial charge >= 0.3 is 0 Å². The summed E-state index contributed by atoms with van der Waals surface area (Å²) in [6, 6.07) is 5.78. The maximum absolute atomic E-state index is 9.75.